The van der Waals surface area contributed by atoms with Crippen LogP contribution in [0.5, 0.6) is 11.5 Å². The molecule has 0 atom stereocenters. The summed E-state index contributed by atoms with van der Waals surface area (Å²) in [5.74, 6) is 2.05. The predicted octanol–water partition coefficient (Wildman–Crippen LogP) is 4.03. The van der Waals surface area contributed by atoms with Gasteiger partial charge < -0.3 is 25.3 Å². The summed E-state index contributed by atoms with van der Waals surface area (Å²) >= 11 is 0. The lowest BCUT2D eigenvalue weighted by Gasteiger charge is -2.09. The van der Waals surface area contributed by atoms with E-state index in [4.69, 9.17) is 15.2 Å². The van der Waals surface area contributed by atoms with Crippen LogP contribution >= 0.6 is 0 Å². The van der Waals surface area contributed by atoms with E-state index in [2.05, 4.69) is 20.3 Å². The van der Waals surface area contributed by atoms with Crippen molar-refractivity contribution in [3.05, 3.63) is 61.1 Å². The second kappa shape index (κ2) is 11.8. The van der Waals surface area contributed by atoms with Gasteiger partial charge in [-0.25, -0.2) is 9.97 Å². The molecule has 9 heteroatoms. The number of unbranched alkanes of at least 4 members (excludes halogenated alkanes) is 2. The number of benzene rings is 2. The molecule has 0 unspecified atom stereocenters. The first-order valence-corrected chi connectivity index (χ1v) is 11.3. The molecule has 9 nitrogen and oxygen atoms in total. The minimum Gasteiger partial charge on any atom is -0.494 e. The normalized spacial score (nSPS) is 10.9. The number of nitrogens with zero attached hydrogens (tertiary/aromatic N) is 4. The molecular weight excluding hydrogens is 432 g/mol. The fourth-order valence-corrected chi connectivity index (χ4v) is 3.32. The van der Waals surface area contributed by atoms with Crippen molar-refractivity contribution in [2.24, 2.45) is 5.73 Å². The zero-order valence-electron chi connectivity index (χ0n) is 18.9. The number of hydrogen-bond donors (Lipinski definition) is 2. The number of nitrogens with two attached hydrogens (primary N) is 1. The maximum absolute atomic E-state index is 10.4. The van der Waals surface area contributed by atoms with Gasteiger partial charge in [-0.15, -0.1) is 0 Å². The second-order valence-electron chi connectivity index (χ2n) is 7.66. The third kappa shape index (κ3) is 6.08. The van der Waals surface area contributed by atoms with Gasteiger partial charge in [-0.3, -0.25) is 4.57 Å². The largest absolute Gasteiger partial charge is 0.494 e. The van der Waals surface area contributed by atoms with E-state index in [0.717, 1.165) is 48.4 Å². The highest BCUT2D eigenvalue weighted by atomic mass is 16.5. The van der Waals surface area contributed by atoms with Gasteiger partial charge in [0.15, 0.2) is 5.65 Å². The molecule has 0 saturated heterocycles. The van der Waals surface area contributed by atoms with E-state index in [0.29, 0.717) is 43.3 Å². The number of carbonyl (C=O) groups is 1. The Kier molecular flexibility index (Phi) is 8.02. The Labute approximate surface area is 198 Å². The smallest absolute Gasteiger partial charge is 0.229 e. The lowest BCUT2D eigenvalue weighted by Crippen LogP contribution is -2.06. The summed E-state index contributed by atoms with van der Waals surface area (Å²) in [7, 11) is 0. The van der Waals surface area contributed by atoms with Crippen LogP contribution in [0.1, 0.15) is 25.7 Å². The van der Waals surface area contributed by atoms with Gasteiger partial charge in [-0.2, -0.15) is 4.98 Å². The van der Waals surface area contributed by atoms with Crippen LogP contribution in [0, 0.1) is 0 Å². The number of fused-ring (bicyclic) bond motifs is 1. The molecule has 0 aliphatic carbocycles. The zero-order chi connectivity index (χ0) is 23.6. The van der Waals surface area contributed by atoms with Crippen LogP contribution < -0.4 is 20.5 Å². The molecule has 2 heterocycles. The zero-order valence-corrected chi connectivity index (χ0v) is 18.9. The molecular formula is C25H28N6O3. The Morgan fingerprint density at radius 1 is 0.912 bits per heavy atom. The summed E-state index contributed by atoms with van der Waals surface area (Å²) in [6, 6.07) is 15.4. The first-order chi connectivity index (χ1) is 16.8. The van der Waals surface area contributed by atoms with Crippen molar-refractivity contribution in [1.29, 1.82) is 0 Å². The van der Waals surface area contributed by atoms with E-state index in [9.17, 15) is 4.79 Å². The average molecular weight is 461 g/mol. The van der Waals surface area contributed by atoms with Gasteiger partial charge in [-0.05, 0) is 74.3 Å². The summed E-state index contributed by atoms with van der Waals surface area (Å²) in [5.41, 5.74) is 8.66. The molecule has 0 aliphatic heterocycles. The van der Waals surface area contributed by atoms with Gasteiger partial charge in [-0.1, -0.05) is 0 Å². The monoisotopic (exact) mass is 460 g/mol. The van der Waals surface area contributed by atoms with Gasteiger partial charge in [0.1, 0.15) is 29.6 Å². The Hall–Kier alpha value is -3.98. The molecule has 0 radical (unpaired) electrons. The van der Waals surface area contributed by atoms with E-state index >= 15 is 0 Å². The van der Waals surface area contributed by atoms with Crippen molar-refractivity contribution in [1.82, 2.24) is 19.5 Å². The third-order valence-corrected chi connectivity index (χ3v) is 5.12. The number of carbonyl (C=O) groups excluding carboxylic acids is 1. The third-order valence-electron chi connectivity index (χ3n) is 5.12. The van der Waals surface area contributed by atoms with Gasteiger partial charge in [0.2, 0.25) is 5.95 Å². The van der Waals surface area contributed by atoms with Crippen LogP contribution in [0.3, 0.4) is 0 Å². The van der Waals surface area contributed by atoms with Crippen molar-refractivity contribution in [2.75, 3.05) is 25.1 Å². The van der Waals surface area contributed by atoms with E-state index in [1.165, 1.54) is 0 Å². The molecule has 4 rings (SSSR count). The van der Waals surface area contributed by atoms with Crippen LogP contribution in [0.2, 0.25) is 0 Å². The number of nitrogens with one attached hydrogen (secondary N) is 1. The van der Waals surface area contributed by atoms with Gasteiger partial charge in [0, 0.05) is 17.8 Å². The van der Waals surface area contributed by atoms with Crippen LogP contribution in [-0.4, -0.2) is 45.6 Å². The van der Waals surface area contributed by atoms with Gasteiger partial charge >= 0.3 is 0 Å². The number of rotatable bonds is 13. The predicted molar refractivity (Wildman–Crippen MR) is 131 cm³/mol. The van der Waals surface area contributed by atoms with Gasteiger partial charge in [0.05, 0.1) is 19.4 Å². The maximum Gasteiger partial charge on any atom is 0.229 e. The number of anilines is 2. The minimum atomic E-state index is 0.473. The van der Waals surface area contributed by atoms with Crippen LogP contribution in [0.4, 0.5) is 11.6 Å². The van der Waals surface area contributed by atoms with E-state index < -0.39 is 0 Å². The minimum absolute atomic E-state index is 0.473. The molecule has 0 saturated carbocycles. The molecule has 2 aromatic heterocycles. The molecule has 0 spiro atoms. The lowest BCUT2D eigenvalue weighted by molar-refractivity contribution is -0.107. The number of imidazole rings is 1. The van der Waals surface area contributed by atoms with Crippen molar-refractivity contribution in [3.63, 3.8) is 0 Å². The Morgan fingerprint density at radius 2 is 1.62 bits per heavy atom. The standard InChI is InChI=1S/C25H28N6O3/c26-13-4-16-34-21-9-5-19(6-10-21)29-25-27-17-23-24(30-25)31(18-28-23)20-7-11-22(12-8-20)33-15-3-1-2-14-32/h5-12,14,17-18H,1-4,13,15-16,26H2,(H,27,29,30). The molecule has 176 valence electrons. The molecule has 2 aromatic carbocycles. The number of hydrogen-bond acceptors (Lipinski definition) is 8. The van der Waals surface area contributed by atoms with Crippen molar-refractivity contribution >= 4 is 29.1 Å². The Bertz CT molecular complexity index is 1190. The molecule has 0 fully saturated rings. The molecule has 4 aromatic rings. The highest BCUT2D eigenvalue weighted by molar-refractivity contribution is 5.74. The molecule has 0 aliphatic rings. The highest BCUT2D eigenvalue weighted by Crippen LogP contribution is 2.22. The quantitative estimate of drug-likeness (QED) is 0.227. The summed E-state index contributed by atoms with van der Waals surface area (Å²) in [6.45, 7) is 1.79. The summed E-state index contributed by atoms with van der Waals surface area (Å²) in [6.07, 6.45) is 7.44. The molecule has 3 N–H and O–H groups in total. The van der Waals surface area contributed by atoms with Crippen molar-refractivity contribution in [3.8, 4) is 17.2 Å². The average Bonchev–Trinajstić information content (AvgIpc) is 3.29. The molecule has 0 bridgehead atoms. The number of aromatic nitrogens is 4. The topological polar surface area (TPSA) is 117 Å². The van der Waals surface area contributed by atoms with E-state index in [-0.39, 0.29) is 0 Å². The fourth-order valence-electron chi connectivity index (χ4n) is 3.32. The Balaban J connectivity index is 1.42. The first kappa shape index (κ1) is 23.2. The van der Waals surface area contributed by atoms with Crippen LogP contribution in [0.15, 0.2) is 61.1 Å². The SMILES string of the molecule is NCCCOc1ccc(Nc2ncc3ncn(-c4ccc(OCCCCC=O)cc4)c3n2)cc1. The van der Waals surface area contributed by atoms with Gasteiger partial charge in [0.25, 0.3) is 0 Å². The van der Waals surface area contributed by atoms with Crippen LogP contribution in [0.25, 0.3) is 16.9 Å². The van der Waals surface area contributed by atoms with Crippen molar-refractivity contribution in [2.45, 2.75) is 25.7 Å². The van der Waals surface area contributed by atoms with E-state index in [1.807, 2.05) is 53.1 Å². The number of ether oxygens (including phenoxy) is 2. The highest BCUT2D eigenvalue weighted by Gasteiger charge is 2.09. The van der Waals surface area contributed by atoms with Crippen LogP contribution in [-0.2, 0) is 4.79 Å². The van der Waals surface area contributed by atoms with Crippen molar-refractivity contribution < 1.29 is 14.3 Å². The maximum atomic E-state index is 10.4. The summed E-state index contributed by atoms with van der Waals surface area (Å²) < 4.78 is 13.3. The number of aldehydes is 1. The first-order valence-electron chi connectivity index (χ1n) is 11.3. The lowest BCUT2D eigenvalue weighted by atomic mass is 10.2. The Morgan fingerprint density at radius 3 is 2.32 bits per heavy atom. The fraction of sp³-hybridized carbons (Fsp3) is 0.280. The molecule has 0 amide bonds. The summed E-state index contributed by atoms with van der Waals surface area (Å²) in [5, 5.41) is 3.23. The molecule has 34 heavy (non-hydrogen) atoms. The summed E-state index contributed by atoms with van der Waals surface area (Å²) in [4.78, 5) is 23.8. The van der Waals surface area contributed by atoms with E-state index in [1.54, 1.807) is 12.5 Å². The second-order valence-corrected chi connectivity index (χ2v) is 7.66.